The lowest BCUT2D eigenvalue weighted by Gasteiger charge is -2.16. The fourth-order valence-electron chi connectivity index (χ4n) is 2.54. The normalized spacial score (nSPS) is 13.7. The molecule has 2 aromatic rings. The molecule has 1 aromatic carbocycles. The van der Waals surface area contributed by atoms with Crippen LogP contribution in [0.15, 0.2) is 36.5 Å². The first-order valence-corrected chi connectivity index (χ1v) is 6.26. The van der Waals surface area contributed by atoms with Crippen molar-refractivity contribution in [2.45, 2.75) is 19.8 Å². The van der Waals surface area contributed by atoms with Crippen molar-refractivity contribution in [1.82, 2.24) is 4.98 Å². The van der Waals surface area contributed by atoms with Crippen LogP contribution in [0.5, 0.6) is 0 Å². The molecule has 0 saturated heterocycles. The van der Waals surface area contributed by atoms with Crippen molar-refractivity contribution in [1.29, 1.82) is 0 Å². The average molecular weight is 240 g/mol. The number of carbonyl (C=O) groups is 1. The summed E-state index contributed by atoms with van der Waals surface area (Å²) in [6, 6.07) is 10.2. The minimum atomic E-state index is 0.180. The Labute approximate surface area is 106 Å². The minimum absolute atomic E-state index is 0.180. The molecule has 3 heteroatoms. The Morgan fingerprint density at radius 2 is 2.22 bits per heavy atom. The lowest BCUT2D eigenvalue weighted by atomic mass is 10.1. The number of H-pyrrole nitrogens is 1. The molecule has 18 heavy (non-hydrogen) atoms. The first-order chi connectivity index (χ1) is 8.74. The summed E-state index contributed by atoms with van der Waals surface area (Å²) >= 11 is 0. The van der Waals surface area contributed by atoms with Gasteiger partial charge in [-0.1, -0.05) is 18.2 Å². The van der Waals surface area contributed by atoms with Gasteiger partial charge in [0.05, 0.1) is 6.42 Å². The predicted molar refractivity (Wildman–Crippen MR) is 71.7 cm³/mol. The Bertz CT molecular complexity index is 586. The Kier molecular flexibility index (Phi) is 2.67. The van der Waals surface area contributed by atoms with Gasteiger partial charge in [0, 0.05) is 24.1 Å². The summed E-state index contributed by atoms with van der Waals surface area (Å²) in [4.78, 5) is 17.3. The van der Waals surface area contributed by atoms with Crippen molar-refractivity contribution in [3.05, 3.63) is 53.3 Å². The largest absolute Gasteiger partial charge is 0.365 e. The van der Waals surface area contributed by atoms with Crippen molar-refractivity contribution in [3.63, 3.8) is 0 Å². The lowest BCUT2D eigenvalue weighted by Crippen LogP contribution is -2.30. The second-order valence-corrected chi connectivity index (χ2v) is 4.79. The van der Waals surface area contributed by atoms with Crippen molar-refractivity contribution in [2.24, 2.45) is 0 Å². The molecule has 3 rings (SSSR count). The highest BCUT2D eigenvalue weighted by molar-refractivity contribution is 5.96. The first-order valence-electron chi connectivity index (χ1n) is 6.26. The number of aryl methyl sites for hydroxylation is 1. The van der Waals surface area contributed by atoms with Gasteiger partial charge in [0.2, 0.25) is 5.91 Å². The highest BCUT2D eigenvalue weighted by Crippen LogP contribution is 2.27. The fraction of sp³-hybridized carbons (Fsp3) is 0.267. The molecule has 0 bridgehead atoms. The number of nitrogens with one attached hydrogen (secondary N) is 1. The number of hydrogen-bond acceptors (Lipinski definition) is 1. The molecule has 3 nitrogen and oxygen atoms in total. The van der Waals surface area contributed by atoms with E-state index < -0.39 is 0 Å². The third-order valence-electron chi connectivity index (χ3n) is 3.43. The first kappa shape index (κ1) is 11.1. The van der Waals surface area contributed by atoms with E-state index in [1.54, 1.807) is 0 Å². The van der Waals surface area contributed by atoms with Crippen LogP contribution in [0.4, 0.5) is 5.69 Å². The van der Waals surface area contributed by atoms with Crippen molar-refractivity contribution in [3.8, 4) is 0 Å². The quantitative estimate of drug-likeness (QED) is 0.860. The fourth-order valence-corrected chi connectivity index (χ4v) is 2.54. The van der Waals surface area contributed by atoms with Gasteiger partial charge in [-0.05, 0) is 36.6 Å². The molecule has 1 aliphatic rings. The molecule has 0 fully saturated rings. The number of rotatable bonds is 2. The van der Waals surface area contributed by atoms with Gasteiger partial charge in [0.1, 0.15) is 0 Å². The summed E-state index contributed by atoms with van der Waals surface area (Å²) in [5.41, 5.74) is 4.51. The standard InChI is InChI=1S/C15H16N2O/c1-11-8-12(10-16-11)9-15(18)17-7-6-13-4-2-3-5-14(13)17/h2-5,8,10,16H,6-7,9H2,1H3. The molecular weight excluding hydrogens is 224 g/mol. The van der Waals surface area contributed by atoms with Crippen LogP contribution >= 0.6 is 0 Å². The highest BCUT2D eigenvalue weighted by Gasteiger charge is 2.23. The maximum absolute atomic E-state index is 12.3. The molecule has 0 atom stereocenters. The molecule has 0 saturated carbocycles. The van der Waals surface area contributed by atoms with Crippen LogP contribution in [0.3, 0.4) is 0 Å². The van der Waals surface area contributed by atoms with Crippen LogP contribution in [-0.2, 0) is 17.6 Å². The molecule has 92 valence electrons. The Balaban J connectivity index is 1.78. The maximum Gasteiger partial charge on any atom is 0.231 e. The zero-order chi connectivity index (χ0) is 12.5. The molecule has 0 radical (unpaired) electrons. The van der Waals surface area contributed by atoms with E-state index in [0.717, 1.165) is 29.9 Å². The molecular formula is C15H16N2O. The van der Waals surface area contributed by atoms with Gasteiger partial charge in [-0.15, -0.1) is 0 Å². The van der Waals surface area contributed by atoms with E-state index in [0.29, 0.717) is 6.42 Å². The van der Waals surface area contributed by atoms with Crippen LogP contribution in [0, 0.1) is 6.92 Å². The van der Waals surface area contributed by atoms with E-state index in [1.165, 1.54) is 5.56 Å². The summed E-state index contributed by atoms with van der Waals surface area (Å²) in [6.07, 6.45) is 3.35. The van der Waals surface area contributed by atoms with Gasteiger partial charge >= 0.3 is 0 Å². The Morgan fingerprint density at radius 1 is 1.39 bits per heavy atom. The molecule has 2 heterocycles. The third-order valence-corrected chi connectivity index (χ3v) is 3.43. The van der Waals surface area contributed by atoms with E-state index >= 15 is 0 Å². The molecule has 0 spiro atoms. The number of hydrogen-bond donors (Lipinski definition) is 1. The van der Waals surface area contributed by atoms with E-state index in [1.807, 2.05) is 42.3 Å². The molecule has 0 aliphatic carbocycles. The predicted octanol–water partition coefficient (Wildman–Crippen LogP) is 2.45. The van der Waals surface area contributed by atoms with E-state index in [-0.39, 0.29) is 5.91 Å². The number of carbonyl (C=O) groups excluding carboxylic acids is 1. The van der Waals surface area contributed by atoms with Gasteiger partial charge in [0.25, 0.3) is 0 Å². The highest BCUT2D eigenvalue weighted by atomic mass is 16.2. The van der Waals surface area contributed by atoms with Crippen LogP contribution in [0.1, 0.15) is 16.8 Å². The Morgan fingerprint density at radius 3 is 3.00 bits per heavy atom. The molecule has 1 amide bonds. The van der Waals surface area contributed by atoms with Crippen molar-refractivity contribution in [2.75, 3.05) is 11.4 Å². The number of nitrogens with zero attached hydrogens (tertiary/aromatic N) is 1. The number of aromatic amines is 1. The van der Waals surface area contributed by atoms with Gasteiger partial charge in [-0.2, -0.15) is 0 Å². The van der Waals surface area contributed by atoms with Crippen LogP contribution < -0.4 is 4.90 Å². The lowest BCUT2D eigenvalue weighted by molar-refractivity contribution is -0.117. The second kappa shape index (κ2) is 4.33. The van der Waals surface area contributed by atoms with Gasteiger partial charge in [-0.3, -0.25) is 4.79 Å². The molecule has 1 aliphatic heterocycles. The summed E-state index contributed by atoms with van der Waals surface area (Å²) < 4.78 is 0. The SMILES string of the molecule is Cc1cc(CC(=O)N2CCc3ccccc32)c[nH]1. The summed E-state index contributed by atoms with van der Waals surface area (Å²) in [5, 5.41) is 0. The van der Waals surface area contributed by atoms with E-state index in [2.05, 4.69) is 11.1 Å². The second-order valence-electron chi connectivity index (χ2n) is 4.79. The van der Waals surface area contributed by atoms with Crippen molar-refractivity contribution < 1.29 is 4.79 Å². The van der Waals surface area contributed by atoms with Crippen LogP contribution in [0.2, 0.25) is 0 Å². The van der Waals surface area contributed by atoms with Gasteiger partial charge < -0.3 is 9.88 Å². The molecule has 1 N–H and O–H groups in total. The Hall–Kier alpha value is -2.03. The maximum atomic E-state index is 12.3. The zero-order valence-corrected chi connectivity index (χ0v) is 10.4. The molecule has 1 aromatic heterocycles. The number of amides is 1. The molecule has 0 unspecified atom stereocenters. The van der Waals surface area contributed by atoms with Crippen molar-refractivity contribution >= 4 is 11.6 Å². The average Bonchev–Trinajstić information content (AvgIpc) is 2.95. The van der Waals surface area contributed by atoms with Gasteiger partial charge in [0.15, 0.2) is 0 Å². The topological polar surface area (TPSA) is 36.1 Å². The summed E-state index contributed by atoms with van der Waals surface area (Å²) in [7, 11) is 0. The monoisotopic (exact) mass is 240 g/mol. The number of aromatic nitrogens is 1. The summed E-state index contributed by atoms with van der Waals surface area (Å²) in [5.74, 6) is 0.180. The number of para-hydroxylation sites is 1. The zero-order valence-electron chi connectivity index (χ0n) is 10.4. The van der Waals surface area contributed by atoms with Crippen LogP contribution in [0.25, 0.3) is 0 Å². The minimum Gasteiger partial charge on any atom is -0.365 e. The van der Waals surface area contributed by atoms with E-state index in [4.69, 9.17) is 0 Å². The van der Waals surface area contributed by atoms with Gasteiger partial charge in [-0.25, -0.2) is 0 Å². The number of anilines is 1. The van der Waals surface area contributed by atoms with Crippen LogP contribution in [-0.4, -0.2) is 17.4 Å². The number of fused-ring (bicyclic) bond motifs is 1. The number of benzene rings is 1. The van der Waals surface area contributed by atoms with E-state index in [9.17, 15) is 4.79 Å². The third kappa shape index (κ3) is 1.92. The summed E-state index contributed by atoms with van der Waals surface area (Å²) in [6.45, 7) is 2.81. The smallest absolute Gasteiger partial charge is 0.231 e.